The zero-order valence-corrected chi connectivity index (χ0v) is 18.3. The molecule has 32 heavy (non-hydrogen) atoms. The first kappa shape index (κ1) is 21.7. The van der Waals surface area contributed by atoms with Crippen LogP contribution in [0.3, 0.4) is 0 Å². The standard InChI is InChI=1S/C25H28N4O3/c1-2-32-25(31)20-12-9-17-28(18-20)24(30)23-26-22(16-15-19-10-5-3-6-11-19)29(27-23)21-13-7-4-8-14-21/h3-8,10-11,13-14,20H,2,9,12,15-18H2,1H3/t20-/m1/s1. The lowest BCUT2D eigenvalue weighted by Crippen LogP contribution is -2.43. The Kier molecular flexibility index (Phi) is 6.94. The molecule has 7 nitrogen and oxygen atoms in total. The maximum Gasteiger partial charge on any atom is 0.310 e. The molecule has 1 amide bonds. The van der Waals surface area contributed by atoms with E-state index in [0.29, 0.717) is 26.1 Å². The number of hydrogen-bond donors (Lipinski definition) is 0. The Morgan fingerprint density at radius 3 is 2.47 bits per heavy atom. The van der Waals surface area contributed by atoms with Crippen LogP contribution in [-0.2, 0) is 22.4 Å². The monoisotopic (exact) mass is 432 g/mol. The van der Waals surface area contributed by atoms with Gasteiger partial charge in [0.25, 0.3) is 5.91 Å². The van der Waals surface area contributed by atoms with Crippen LogP contribution >= 0.6 is 0 Å². The minimum absolute atomic E-state index is 0.168. The Morgan fingerprint density at radius 1 is 1.03 bits per heavy atom. The molecule has 2 heterocycles. The van der Waals surface area contributed by atoms with Gasteiger partial charge in [-0.1, -0.05) is 48.5 Å². The summed E-state index contributed by atoms with van der Waals surface area (Å²) in [6.07, 6.45) is 2.95. The van der Waals surface area contributed by atoms with Crippen LogP contribution in [0.1, 0.15) is 41.8 Å². The summed E-state index contributed by atoms with van der Waals surface area (Å²) in [5.41, 5.74) is 2.07. The number of piperidine rings is 1. The number of benzene rings is 2. The molecular weight excluding hydrogens is 404 g/mol. The molecule has 0 aliphatic carbocycles. The molecule has 3 aromatic rings. The lowest BCUT2D eigenvalue weighted by atomic mass is 9.98. The Bertz CT molecular complexity index is 1050. The van der Waals surface area contributed by atoms with E-state index in [1.165, 1.54) is 5.56 Å². The smallest absolute Gasteiger partial charge is 0.310 e. The molecule has 166 valence electrons. The summed E-state index contributed by atoms with van der Waals surface area (Å²) in [4.78, 5) is 31.7. The molecule has 1 fully saturated rings. The van der Waals surface area contributed by atoms with Crippen molar-refractivity contribution >= 4 is 11.9 Å². The zero-order valence-electron chi connectivity index (χ0n) is 18.3. The number of esters is 1. The van der Waals surface area contributed by atoms with Crippen molar-refractivity contribution in [3.05, 3.63) is 77.9 Å². The van der Waals surface area contributed by atoms with Crippen molar-refractivity contribution in [3.63, 3.8) is 0 Å². The van der Waals surface area contributed by atoms with Crippen molar-refractivity contribution < 1.29 is 14.3 Å². The molecule has 0 N–H and O–H groups in total. The minimum atomic E-state index is -0.290. The molecule has 2 aromatic carbocycles. The maximum atomic E-state index is 13.2. The van der Waals surface area contributed by atoms with Crippen molar-refractivity contribution in [1.29, 1.82) is 0 Å². The third-order valence-corrected chi connectivity index (χ3v) is 5.67. The predicted octanol–water partition coefficient (Wildman–Crippen LogP) is 3.47. The van der Waals surface area contributed by atoms with E-state index in [2.05, 4.69) is 22.2 Å². The second kappa shape index (κ2) is 10.2. The fraction of sp³-hybridized carbons (Fsp3) is 0.360. The first-order valence-corrected chi connectivity index (χ1v) is 11.2. The molecule has 7 heteroatoms. The van der Waals surface area contributed by atoms with Gasteiger partial charge in [-0.3, -0.25) is 9.59 Å². The molecule has 1 aliphatic heterocycles. The van der Waals surface area contributed by atoms with Gasteiger partial charge < -0.3 is 9.64 Å². The molecule has 4 rings (SSSR count). The van der Waals surface area contributed by atoms with Crippen LogP contribution in [0.5, 0.6) is 0 Å². The van der Waals surface area contributed by atoms with Crippen LogP contribution in [0.15, 0.2) is 60.7 Å². The van der Waals surface area contributed by atoms with E-state index < -0.39 is 0 Å². The quantitative estimate of drug-likeness (QED) is 0.535. The Labute approximate surface area is 188 Å². The molecule has 1 atom stereocenters. The third kappa shape index (κ3) is 5.04. The highest BCUT2D eigenvalue weighted by atomic mass is 16.5. The zero-order chi connectivity index (χ0) is 22.3. The Hall–Kier alpha value is -3.48. The summed E-state index contributed by atoms with van der Waals surface area (Å²) in [6, 6.07) is 19.9. The second-order valence-corrected chi connectivity index (χ2v) is 7.93. The normalized spacial score (nSPS) is 16.0. The van der Waals surface area contributed by atoms with E-state index in [-0.39, 0.29) is 23.6 Å². The SMILES string of the molecule is CCOC(=O)[C@@H]1CCCN(C(=O)c2nc(CCc3ccccc3)n(-c3ccccc3)n2)C1. The number of aromatic nitrogens is 3. The van der Waals surface area contributed by atoms with Crippen molar-refractivity contribution in [1.82, 2.24) is 19.7 Å². The Balaban J connectivity index is 1.56. The summed E-state index contributed by atoms with van der Waals surface area (Å²) in [6.45, 7) is 3.07. The molecule has 0 bridgehead atoms. The lowest BCUT2D eigenvalue weighted by molar-refractivity contribution is -0.149. The molecule has 1 aliphatic rings. The van der Waals surface area contributed by atoms with Crippen molar-refractivity contribution in [2.45, 2.75) is 32.6 Å². The highest BCUT2D eigenvalue weighted by molar-refractivity contribution is 5.91. The van der Waals surface area contributed by atoms with Crippen molar-refractivity contribution in [2.75, 3.05) is 19.7 Å². The number of likely N-dealkylation sites (tertiary alicyclic amines) is 1. The van der Waals surface area contributed by atoms with E-state index in [9.17, 15) is 9.59 Å². The predicted molar refractivity (Wildman–Crippen MR) is 120 cm³/mol. The molecule has 0 unspecified atom stereocenters. The van der Waals surface area contributed by atoms with Gasteiger partial charge in [-0.05, 0) is 43.9 Å². The number of amides is 1. The average molecular weight is 433 g/mol. The minimum Gasteiger partial charge on any atom is -0.466 e. The molecule has 1 aromatic heterocycles. The number of nitrogens with zero attached hydrogens (tertiary/aromatic N) is 4. The lowest BCUT2D eigenvalue weighted by Gasteiger charge is -2.30. The highest BCUT2D eigenvalue weighted by Crippen LogP contribution is 2.20. The van der Waals surface area contributed by atoms with Crippen LogP contribution in [0.4, 0.5) is 0 Å². The largest absolute Gasteiger partial charge is 0.466 e. The van der Waals surface area contributed by atoms with Crippen LogP contribution in [0, 0.1) is 5.92 Å². The van der Waals surface area contributed by atoms with Gasteiger partial charge in [-0.25, -0.2) is 9.67 Å². The van der Waals surface area contributed by atoms with Crippen LogP contribution in [0.25, 0.3) is 5.69 Å². The molecule has 0 radical (unpaired) electrons. The maximum absolute atomic E-state index is 13.2. The van der Waals surface area contributed by atoms with Crippen LogP contribution in [-0.4, -0.2) is 51.2 Å². The van der Waals surface area contributed by atoms with Gasteiger partial charge in [0.05, 0.1) is 18.2 Å². The number of carbonyl (C=O) groups is 2. The summed E-state index contributed by atoms with van der Waals surface area (Å²) >= 11 is 0. The van der Waals surface area contributed by atoms with E-state index in [1.807, 2.05) is 48.5 Å². The molecule has 0 spiro atoms. The number of hydrogen-bond acceptors (Lipinski definition) is 5. The number of rotatable bonds is 7. The van der Waals surface area contributed by atoms with E-state index in [1.54, 1.807) is 16.5 Å². The molecular formula is C25H28N4O3. The molecule has 0 saturated carbocycles. The number of aryl methyl sites for hydroxylation is 2. The first-order chi connectivity index (χ1) is 15.7. The highest BCUT2D eigenvalue weighted by Gasteiger charge is 2.31. The van der Waals surface area contributed by atoms with Gasteiger partial charge in [0.15, 0.2) is 0 Å². The topological polar surface area (TPSA) is 77.3 Å². The number of ether oxygens (including phenoxy) is 1. The van der Waals surface area contributed by atoms with E-state index >= 15 is 0 Å². The van der Waals surface area contributed by atoms with Gasteiger partial charge >= 0.3 is 5.97 Å². The summed E-state index contributed by atoms with van der Waals surface area (Å²) < 4.78 is 6.91. The average Bonchev–Trinajstić information content (AvgIpc) is 3.28. The van der Waals surface area contributed by atoms with E-state index in [4.69, 9.17) is 4.74 Å². The van der Waals surface area contributed by atoms with Gasteiger partial charge in [-0.2, -0.15) is 0 Å². The fourth-order valence-electron chi connectivity index (χ4n) is 4.03. The van der Waals surface area contributed by atoms with Gasteiger partial charge in [0, 0.05) is 19.5 Å². The van der Waals surface area contributed by atoms with Crippen molar-refractivity contribution in [2.24, 2.45) is 5.92 Å². The Morgan fingerprint density at radius 2 is 1.75 bits per heavy atom. The van der Waals surface area contributed by atoms with Gasteiger partial charge in [0.1, 0.15) is 5.82 Å². The molecule has 1 saturated heterocycles. The van der Waals surface area contributed by atoms with Gasteiger partial charge in [0.2, 0.25) is 5.82 Å². The summed E-state index contributed by atoms with van der Waals surface area (Å²) in [5, 5.41) is 4.57. The second-order valence-electron chi connectivity index (χ2n) is 7.93. The third-order valence-electron chi connectivity index (χ3n) is 5.67. The number of carbonyl (C=O) groups excluding carboxylic acids is 2. The van der Waals surface area contributed by atoms with Crippen LogP contribution < -0.4 is 0 Å². The summed E-state index contributed by atoms with van der Waals surface area (Å²) in [7, 11) is 0. The van der Waals surface area contributed by atoms with Gasteiger partial charge in [-0.15, -0.1) is 5.10 Å². The fourth-order valence-corrected chi connectivity index (χ4v) is 4.03. The van der Waals surface area contributed by atoms with E-state index in [0.717, 1.165) is 30.8 Å². The first-order valence-electron chi connectivity index (χ1n) is 11.2. The van der Waals surface area contributed by atoms with Crippen molar-refractivity contribution in [3.8, 4) is 5.69 Å². The summed E-state index contributed by atoms with van der Waals surface area (Å²) in [5.74, 6) is 0.135. The van der Waals surface area contributed by atoms with Crippen LogP contribution in [0.2, 0.25) is 0 Å². The number of para-hydroxylation sites is 1.